The summed E-state index contributed by atoms with van der Waals surface area (Å²) in [6.45, 7) is 3.73. The number of aryl methyl sites for hydroxylation is 2. The molecule has 4 amide bonds. The Kier molecular flexibility index (Phi) is 5.01. The van der Waals surface area contributed by atoms with Crippen LogP contribution >= 0.6 is 11.6 Å². The van der Waals surface area contributed by atoms with Gasteiger partial charge in [0.05, 0.1) is 5.69 Å². The van der Waals surface area contributed by atoms with Gasteiger partial charge in [-0.05, 0) is 79.6 Å². The van der Waals surface area contributed by atoms with Crippen LogP contribution in [0.2, 0.25) is 5.02 Å². The van der Waals surface area contributed by atoms with Crippen molar-refractivity contribution in [2.45, 2.75) is 13.8 Å². The minimum Gasteiger partial charge on any atom is -0.457 e. The molecule has 0 spiro atoms. The standard InChI is InChI=1S/C23H17ClN2O4/c1-13-9-14(2)11-17(10-13)26-22(28)19(21(27)25-23(26)29)12-18-7-8-20(30-18)15-3-5-16(24)6-4-15/h3-12H,1-2H3,(H,25,27,29)/b19-12+. The second-order valence-electron chi connectivity index (χ2n) is 7.01. The molecule has 2 heterocycles. The first-order valence-electron chi connectivity index (χ1n) is 9.17. The van der Waals surface area contributed by atoms with E-state index in [0.717, 1.165) is 21.6 Å². The lowest BCUT2D eigenvalue weighted by atomic mass is 10.1. The van der Waals surface area contributed by atoms with E-state index in [1.807, 2.05) is 19.9 Å². The highest BCUT2D eigenvalue weighted by Gasteiger charge is 2.37. The molecule has 30 heavy (non-hydrogen) atoms. The van der Waals surface area contributed by atoms with Crippen molar-refractivity contribution in [3.63, 3.8) is 0 Å². The van der Waals surface area contributed by atoms with Crippen molar-refractivity contribution in [1.82, 2.24) is 5.32 Å². The molecule has 1 saturated heterocycles. The summed E-state index contributed by atoms with van der Waals surface area (Å²) < 4.78 is 5.76. The van der Waals surface area contributed by atoms with Crippen molar-refractivity contribution in [2.24, 2.45) is 0 Å². The highest BCUT2D eigenvalue weighted by Crippen LogP contribution is 2.27. The third-order valence-corrected chi connectivity index (χ3v) is 4.86. The normalized spacial score (nSPS) is 15.6. The lowest BCUT2D eigenvalue weighted by molar-refractivity contribution is -0.122. The van der Waals surface area contributed by atoms with Crippen LogP contribution in [0.4, 0.5) is 10.5 Å². The maximum atomic E-state index is 13.0. The van der Waals surface area contributed by atoms with Crippen molar-refractivity contribution in [2.75, 3.05) is 4.90 Å². The zero-order valence-electron chi connectivity index (χ0n) is 16.2. The van der Waals surface area contributed by atoms with E-state index in [2.05, 4.69) is 5.32 Å². The number of hydrogen-bond donors (Lipinski definition) is 1. The monoisotopic (exact) mass is 420 g/mol. The molecule has 1 aliphatic rings. The Morgan fingerprint density at radius 1 is 0.933 bits per heavy atom. The molecular formula is C23H17ClN2O4. The van der Waals surface area contributed by atoms with Crippen LogP contribution in [0.25, 0.3) is 17.4 Å². The Bertz CT molecular complexity index is 1190. The van der Waals surface area contributed by atoms with E-state index < -0.39 is 17.8 Å². The number of urea groups is 1. The first kappa shape index (κ1) is 19.7. The molecule has 0 aliphatic carbocycles. The van der Waals surface area contributed by atoms with Gasteiger partial charge in [-0.25, -0.2) is 9.69 Å². The number of imide groups is 2. The molecule has 1 aliphatic heterocycles. The minimum atomic E-state index is -0.784. The predicted molar refractivity (Wildman–Crippen MR) is 114 cm³/mol. The summed E-state index contributed by atoms with van der Waals surface area (Å²) in [7, 11) is 0. The number of halogens is 1. The molecule has 2 aromatic carbocycles. The van der Waals surface area contributed by atoms with E-state index in [4.69, 9.17) is 16.0 Å². The molecular weight excluding hydrogens is 404 g/mol. The molecule has 7 heteroatoms. The van der Waals surface area contributed by atoms with Crippen molar-refractivity contribution < 1.29 is 18.8 Å². The van der Waals surface area contributed by atoms with Crippen LogP contribution in [0.5, 0.6) is 0 Å². The molecule has 1 N–H and O–H groups in total. The predicted octanol–water partition coefficient (Wildman–Crippen LogP) is 4.88. The summed E-state index contributed by atoms with van der Waals surface area (Å²) in [5.74, 6) is -0.606. The zero-order chi connectivity index (χ0) is 21.4. The number of carbonyl (C=O) groups is 3. The van der Waals surface area contributed by atoms with E-state index in [1.165, 1.54) is 6.08 Å². The molecule has 0 bridgehead atoms. The summed E-state index contributed by atoms with van der Waals surface area (Å²) >= 11 is 5.91. The Morgan fingerprint density at radius 3 is 2.27 bits per heavy atom. The van der Waals surface area contributed by atoms with E-state index in [-0.39, 0.29) is 5.57 Å². The second kappa shape index (κ2) is 7.65. The second-order valence-corrected chi connectivity index (χ2v) is 7.45. The van der Waals surface area contributed by atoms with Crippen LogP contribution in [0.3, 0.4) is 0 Å². The number of hydrogen-bond acceptors (Lipinski definition) is 4. The van der Waals surface area contributed by atoms with Gasteiger partial charge in [0.2, 0.25) is 0 Å². The van der Waals surface area contributed by atoms with Crippen molar-refractivity contribution in [3.8, 4) is 11.3 Å². The fourth-order valence-corrected chi connectivity index (χ4v) is 3.44. The number of carbonyl (C=O) groups excluding carboxylic acids is 3. The number of amides is 4. The third kappa shape index (κ3) is 3.77. The largest absolute Gasteiger partial charge is 0.457 e. The average Bonchev–Trinajstić information content (AvgIpc) is 3.13. The van der Waals surface area contributed by atoms with E-state index in [1.54, 1.807) is 48.5 Å². The van der Waals surface area contributed by atoms with Gasteiger partial charge in [0.15, 0.2) is 0 Å². The Labute approximate surface area is 177 Å². The van der Waals surface area contributed by atoms with Crippen LogP contribution in [-0.2, 0) is 9.59 Å². The highest BCUT2D eigenvalue weighted by atomic mass is 35.5. The van der Waals surface area contributed by atoms with E-state index in [0.29, 0.717) is 22.2 Å². The molecule has 150 valence electrons. The average molecular weight is 421 g/mol. The lowest BCUT2D eigenvalue weighted by Crippen LogP contribution is -2.54. The number of nitrogens with zero attached hydrogens (tertiary/aromatic N) is 1. The van der Waals surface area contributed by atoms with Crippen molar-refractivity contribution >= 4 is 41.2 Å². The molecule has 1 aromatic heterocycles. The van der Waals surface area contributed by atoms with Crippen molar-refractivity contribution in [3.05, 3.63) is 82.1 Å². The Morgan fingerprint density at radius 2 is 1.60 bits per heavy atom. The third-order valence-electron chi connectivity index (χ3n) is 4.61. The summed E-state index contributed by atoms with van der Waals surface area (Å²) in [6.07, 6.45) is 1.33. The molecule has 3 aromatic rings. The summed E-state index contributed by atoms with van der Waals surface area (Å²) in [5, 5.41) is 2.82. The van der Waals surface area contributed by atoms with Gasteiger partial charge in [-0.3, -0.25) is 14.9 Å². The molecule has 0 saturated carbocycles. The van der Waals surface area contributed by atoms with Crippen LogP contribution in [0, 0.1) is 13.8 Å². The van der Waals surface area contributed by atoms with Crippen LogP contribution in [0.15, 0.2) is 64.6 Å². The van der Waals surface area contributed by atoms with Gasteiger partial charge in [0, 0.05) is 10.6 Å². The van der Waals surface area contributed by atoms with Gasteiger partial charge < -0.3 is 4.42 Å². The van der Waals surface area contributed by atoms with Gasteiger partial charge in [0.25, 0.3) is 11.8 Å². The SMILES string of the molecule is Cc1cc(C)cc(N2C(=O)NC(=O)/C(=C\c3ccc(-c4ccc(Cl)cc4)o3)C2=O)c1. The molecule has 0 atom stereocenters. The number of barbiturate groups is 1. The quantitative estimate of drug-likeness (QED) is 0.483. The van der Waals surface area contributed by atoms with Gasteiger partial charge in [0.1, 0.15) is 17.1 Å². The topological polar surface area (TPSA) is 79.6 Å². The van der Waals surface area contributed by atoms with E-state index >= 15 is 0 Å². The maximum absolute atomic E-state index is 13.0. The lowest BCUT2D eigenvalue weighted by Gasteiger charge is -2.26. The number of anilines is 1. The molecule has 4 rings (SSSR count). The van der Waals surface area contributed by atoms with Crippen LogP contribution in [0.1, 0.15) is 16.9 Å². The smallest absolute Gasteiger partial charge is 0.335 e. The van der Waals surface area contributed by atoms with Crippen LogP contribution in [-0.4, -0.2) is 17.8 Å². The van der Waals surface area contributed by atoms with Crippen molar-refractivity contribution in [1.29, 1.82) is 0 Å². The van der Waals surface area contributed by atoms with E-state index in [9.17, 15) is 14.4 Å². The zero-order valence-corrected chi connectivity index (χ0v) is 17.0. The number of rotatable bonds is 3. The fraction of sp³-hybridized carbons (Fsp3) is 0.0870. The summed E-state index contributed by atoms with van der Waals surface area (Å²) in [5.41, 5.74) is 2.80. The Balaban J connectivity index is 1.68. The minimum absolute atomic E-state index is 0.189. The Hall–Kier alpha value is -3.64. The first-order valence-corrected chi connectivity index (χ1v) is 9.55. The fourth-order valence-electron chi connectivity index (χ4n) is 3.31. The molecule has 0 radical (unpaired) electrons. The molecule has 6 nitrogen and oxygen atoms in total. The van der Waals surface area contributed by atoms with Gasteiger partial charge >= 0.3 is 6.03 Å². The van der Waals surface area contributed by atoms with Gasteiger partial charge in [-0.15, -0.1) is 0 Å². The summed E-state index contributed by atoms with van der Waals surface area (Å²) in [4.78, 5) is 38.7. The first-order chi connectivity index (χ1) is 14.3. The maximum Gasteiger partial charge on any atom is 0.335 e. The van der Waals surface area contributed by atoms with Gasteiger partial charge in [-0.1, -0.05) is 17.7 Å². The highest BCUT2D eigenvalue weighted by molar-refractivity contribution is 6.39. The number of benzene rings is 2. The van der Waals surface area contributed by atoms with Crippen LogP contribution < -0.4 is 10.2 Å². The molecule has 1 fully saturated rings. The molecule has 0 unspecified atom stereocenters. The number of furan rings is 1. The number of nitrogens with one attached hydrogen (secondary N) is 1. The van der Waals surface area contributed by atoms with Gasteiger partial charge in [-0.2, -0.15) is 0 Å². The summed E-state index contributed by atoms with van der Waals surface area (Å²) in [6, 6.07) is 15.0.